The molecule has 84 valence electrons. The third-order valence-electron chi connectivity index (χ3n) is 1.97. The summed E-state index contributed by atoms with van der Waals surface area (Å²) in [5.74, 6) is 0. The maximum Gasteiger partial charge on any atom is 0.238 e. The van der Waals surface area contributed by atoms with Crippen molar-refractivity contribution in [2.75, 3.05) is 5.32 Å². The average molecular weight is 254 g/mol. The van der Waals surface area contributed by atoms with Crippen molar-refractivity contribution in [3.8, 4) is 0 Å². The van der Waals surface area contributed by atoms with Crippen molar-refractivity contribution in [3.05, 3.63) is 41.1 Å². The molecule has 4 nitrogen and oxygen atoms in total. The summed E-state index contributed by atoms with van der Waals surface area (Å²) in [6.45, 7) is 0. The largest absolute Gasteiger partial charge is 0.355 e. The first-order chi connectivity index (χ1) is 7.55. The summed E-state index contributed by atoms with van der Waals surface area (Å²) in [5, 5.41) is 12.0. The van der Waals surface area contributed by atoms with E-state index in [0.29, 0.717) is 5.69 Å². The van der Waals surface area contributed by atoms with Crippen molar-refractivity contribution >= 4 is 32.7 Å². The first-order valence-corrected chi connectivity index (χ1v) is 6.97. The van der Waals surface area contributed by atoms with E-state index < -0.39 is 10.0 Å². The van der Waals surface area contributed by atoms with E-state index in [-0.39, 0.29) is 4.90 Å². The molecule has 1 aromatic carbocycles. The van der Waals surface area contributed by atoms with Gasteiger partial charge in [-0.3, -0.25) is 0 Å². The molecule has 2 rings (SSSR count). The summed E-state index contributed by atoms with van der Waals surface area (Å²) in [5.41, 5.74) is 1.63. The van der Waals surface area contributed by atoms with E-state index in [2.05, 4.69) is 5.32 Å². The molecule has 16 heavy (non-hydrogen) atoms. The van der Waals surface area contributed by atoms with Crippen LogP contribution in [0.4, 0.5) is 11.4 Å². The van der Waals surface area contributed by atoms with Crippen LogP contribution in [-0.4, -0.2) is 8.42 Å². The van der Waals surface area contributed by atoms with Crippen LogP contribution < -0.4 is 10.5 Å². The summed E-state index contributed by atoms with van der Waals surface area (Å²) in [6, 6.07) is 8.32. The number of sulfonamides is 1. The molecular weight excluding hydrogens is 244 g/mol. The van der Waals surface area contributed by atoms with Gasteiger partial charge in [-0.05, 0) is 29.6 Å². The first kappa shape index (κ1) is 11.1. The predicted molar refractivity (Wildman–Crippen MR) is 65.4 cm³/mol. The van der Waals surface area contributed by atoms with Crippen molar-refractivity contribution in [1.82, 2.24) is 0 Å². The van der Waals surface area contributed by atoms with Gasteiger partial charge in [-0.1, -0.05) is 6.07 Å². The molecule has 0 radical (unpaired) electrons. The summed E-state index contributed by atoms with van der Waals surface area (Å²) >= 11 is 1.56. The smallest absolute Gasteiger partial charge is 0.238 e. The summed E-state index contributed by atoms with van der Waals surface area (Å²) in [7, 11) is -3.64. The Bertz CT molecular complexity index is 577. The van der Waals surface area contributed by atoms with Crippen LogP contribution in [0, 0.1) is 0 Å². The fourth-order valence-electron chi connectivity index (χ4n) is 1.25. The monoisotopic (exact) mass is 254 g/mol. The van der Waals surface area contributed by atoms with Gasteiger partial charge < -0.3 is 5.32 Å². The van der Waals surface area contributed by atoms with Crippen LogP contribution in [0.2, 0.25) is 0 Å². The number of hydrogen-bond donors (Lipinski definition) is 2. The van der Waals surface area contributed by atoms with Gasteiger partial charge in [0.15, 0.2) is 0 Å². The Hall–Kier alpha value is -1.37. The molecule has 0 saturated carbocycles. The number of thiophene rings is 1. The van der Waals surface area contributed by atoms with Gasteiger partial charge in [0.2, 0.25) is 10.0 Å². The lowest BCUT2D eigenvalue weighted by atomic mass is 10.3. The van der Waals surface area contributed by atoms with Crippen LogP contribution in [0.5, 0.6) is 0 Å². The lowest BCUT2D eigenvalue weighted by molar-refractivity contribution is 0.598. The van der Waals surface area contributed by atoms with Gasteiger partial charge >= 0.3 is 0 Å². The molecule has 1 aromatic heterocycles. The molecule has 0 saturated heterocycles. The van der Waals surface area contributed by atoms with E-state index in [0.717, 1.165) is 5.69 Å². The third kappa shape index (κ3) is 2.60. The van der Waals surface area contributed by atoms with E-state index in [1.54, 1.807) is 23.5 Å². The molecule has 0 aliphatic heterocycles. The molecule has 0 aliphatic carbocycles. The number of benzene rings is 1. The van der Waals surface area contributed by atoms with Crippen LogP contribution in [0.3, 0.4) is 0 Å². The summed E-state index contributed by atoms with van der Waals surface area (Å²) < 4.78 is 22.3. The minimum atomic E-state index is -3.64. The number of anilines is 2. The second-order valence-corrected chi connectivity index (χ2v) is 5.55. The highest BCUT2D eigenvalue weighted by Gasteiger charge is 2.07. The van der Waals surface area contributed by atoms with Crippen LogP contribution in [0.15, 0.2) is 46.0 Å². The van der Waals surface area contributed by atoms with Crippen molar-refractivity contribution in [2.24, 2.45) is 5.14 Å². The molecule has 0 spiro atoms. The fourth-order valence-corrected chi connectivity index (χ4v) is 2.40. The zero-order valence-corrected chi connectivity index (χ0v) is 9.88. The third-order valence-corrected chi connectivity index (χ3v) is 3.57. The SMILES string of the molecule is NS(=O)(=O)c1cccc(Nc2ccsc2)c1. The number of hydrogen-bond acceptors (Lipinski definition) is 4. The second-order valence-electron chi connectivity index (χ2n) is 3.21. The van der Waals surface area contributed by atoms with Gasteiger partial charge in [0.1, 0.15) is 0 Å². The topological polar surface area (TPSA) is 72.2 Å². The molecule has 0 atom stereocenters. The Morgan fingerprint density at radius 2 is 2.00 bits per heavy atom. The standard InChI is InChI=1S/C10H10N2O2S2/c11-16(13,14)10-3-1-2-8(6-10)12-9-4-5-15-7-9/h1-7,12H,(H2,11,13,14). The lowest BCUT2D eigenvalue weighted by Crippen LogP contribution is -2.12. The van der Waals surface area contributed by atoms with Gasteiger partial charge in [0.25, 0.3) is 0 Å². The van der Waals surface area contributed by atoms with Crippen molar-refractivity contribution in [1.29, 1.82) is 0 Å². The predicted octanol–water partition coefficient (Wildman–Crippen LogP) is 2.14. The van der Waals surface area contributed by atoms with Crippen molar-refractivity contribution in [2.45, 2.75) is 4.90 Å². The van der Waals surface area contributed by atoms with Gasteiger partial charge in [-0.25, -0.2) is 13.6 Å². The maximum atomic E-state index is 11.1. The van der Waals surface area contributed by atoms with Gasteiger partial charge in [0, 0.05) is 16.8 Å². The Morgan fingerprint density at radius 3 is 2.62 bits per heavy atom. The molecular formula is C10H10N2O2S2. The highest BCUT2D eigenvalue weighted by Crippen LogP contribution is 2.21. The molecule has 0 amide bonds. The number of nitrogens with one attached hydrogen (secondary N) is 1. The zero-order valence-electron chi connectivity index (χ0n) is 8.25. The van der Waals surface area contributed by atoms with E-state index in [1.807, 2.05) is 16.8 Å². The second kappa shape index (κ2) is 4.25. The number of rotatable bonds is 3. The molecule has 3 N–H and O–H groups in total. The quantitative estimate of drug-likeness (QED) is 0.881. The van der Waals surface area contributed by atoms with E-state index >= 15 is 0 Å². The average Bonchev–Trinajstić information content (AvgIpc) is 2.70. The molecule has 0 aliphatic rings. The van der Waals surface area contributed by atoms with E-state index in [1.165, 1.54) is 12.1 Å². The Labute approximate surface area is 97.8 Å². The lowest BCUT2D eigenvalue weighted by Gasteiger charge is -2.05. The minimum absolute atomic E-state index is 0.104. The molecule has 6 heteroatoms. The van der Waals surface area contributed by atoms with Gasteiger partial charge in [-0.2, -0.15) is 11.3 Å². The normalized spacial score (nSPS) is 11.3. The van der Waals surface area contributed by atoms with Crippen LogP contribution in [0.1, 0.15) is 0 Å². The van der Waals surface area contributed by atoms with Crippen LogP contribution in [0.25, 0.3) is 0 Å². The maximum absolute atomic E-state index is 11.1. The fraction of sp³-hybridized carbons (Fsp3) is 0. The number of nitrogens with two attached hydrogens (primary N) is 1. The molecule has 0 bridgehead atoms. The Balaban J connectivity index is 2.30. The van der Waals surface area contributed by atoms with E-state index in [9.17, 15) is 8.42 Å². The van der Waals surface area contributed by atoms with Gasteiger partial charge in [-0.15, -0.1) is 0 Å². The van der Waals surface area contributed by atoms with E-state index in [4.69, 9.17) is 5.14 Å². The van der Waals surface area contributed by atoms with Crippen LogP contribution >= 0.6 is 11.3 Å². The van der Waals surface area contributed by atoms with Crippen molar-refractivity contribution in [3.63, 3.8) is 0 Å². The number of primary sulfonamides is 1. The highest BCUT2D eigenvalue weighted by molar-refractivity contribution is 7.89. The summed E-state index contributed by atoms with van der Waals surface area (Å²) in [6.07, 6.45) is 0. The van der Waals surface area contributed by atoms with Crippen molar-refractivity contribution < 1.29 is 8.42 Å². The highest BCUT2D eigenvalue weighted by atomic mass is 32.2. The van der Waals surface area contributed by atoms with Crippen LogP contribution in [-0.2, 0) is 10.0 Å². The Kier molecular flexibility index (Phi) is 2.95. The molecule has 0 fully saturated rings. The minimum Gasteiger partial charge on any atom is -0.355 e. The molecule has 0 unspecified atom stereocenters. The first-order valence-electron chi connectivity index (χ1n) is 4.48. The summed E-state index contributed by atoms with van der Waals surface area (Å²) in [4.78, 5) is 0.104. The molecule has 1 heterocycles. The molecule has 2 aromatic rings. The van der Waals surface area contributed by atoms with Gasteiger partial charge in [0.05, 0.1) is 4.90 Å². The Morgan fingerprint density at radius 1 is 1.19 bits per heavy atom. The zero-order chi connectivity index (χ0) is 11.6.